The minimum Gasteiger partial charge on any atom is -0.339 e. The van der Waals surface area contributed by atoms with E-state index in [1.807, 2.05) is 35.2 Å². The van der Waals surface area contributed by atoms with Crippen LogP contribution in [-0.4, -0.2) is 38.7 Å². The van der Waals surface area contributed by atoms with Crippen LogP contribution >= 0.6 is 0 Å². The lowest BCUT2D eigenvalue weighted by Gasteiger charge is -2.41. The Balaban J connectivity index is 1.42. The van der Waals surface area contributed by atoms with Crippen molar-refractivity contribution in [2.45, 2.75) is 58.4 Å². The molecule has 26 heavy (non-hydrogen) atoms. The summed E-state index contributed by atoms with van der Waals surface area (Å²) in [5.74, 6) is 2.85. The van der Waals surface area contributed by atoms with Gasteiger partial charge in [0.2, 0.25) is 0 Å². The highest BCUT2D eigenvalue weighted by molar-refractivity contribution is 5.94. The number of rotatable bonds is 2. The number of aromatic nitrogens is 3. The van der Waals surface area contributed by atoms with Crippen molar-refractivity contribution < 1.29 is 4.79 Å². The van der Waals surface area contributed by atoms with E-state index in [9.17, 15) is 4.79 Å². The number of hydrogen-bond acceptors (Lipinski definition) is 3. The Hall–Kier alpha value is -2.17. The summed E-state index contributed by atoms with van der Waals surface area (Å²) in [5.41, 5.74) is 1.15. The zero-order chi connectivity index (χ0) is 18.1. The van der Waals surface area contributed by atoms with E-state index in [4.69, 9.17) is 0 Å². The van der Waals surface area contributed by atoms with E-state index in [2.05, 4.69) is 28.6 Å². The van der Waals surface area contributed by atoms with Crippen molar-refractivity contribution in [1.29, 1.82) is 0 Å². The SMILES string of the molecule is CC(C)c1nnc2n1CCC1(CC2)CCN(C(=O)c2ccccc2)CC1. The van der Waals surface area contributed by atoms with E-state index >= 15 is 0 Å². The molecule has 0 radical (unpaired) electrons. The van der Waals surface area contributed by atoms with Crippen molar-refractivity contribution in [2.75, 3.05) is 13.1 Å². The lowest BCUT2D eigenvalue weighted by atomic mass is 9.72. The number of piperidine rings is 1. The van der Waals surface area contributed by atoms with Crippen LogP contribution in [0.4, 0.5) is 0 Å². The summed E-state index contributed by atoms with van der Waals surface area (Å²) in [6.07, 6.45) is 5.54. The fourth-order valence-corrected chi connectivity index (χ4v) is 4.50. The summed E-state index contributed by atoms with van der Waals surface area (Å²) < 4.78 is 2.35. The van der Waals surface area contributed by atoms with Crippen LogP contribution in [0.3, 0.4) is 0 Å². The molecule has 138 valence electrons. The third-order valence-electron chi connectivity index (χ3n) is 6.25. The maximum Gasteiger partial charge on any atom is 0.253 e. The Morgan fingerprint density at radius 3 is 2.38 bits per heavy atom. The summed E-state index contributed by atoms with van der Waals surface area (Å²) in [4.78, 5) is 14.7. The van der Waals surface area contributed by atoms with Gasteiger partial charge in [-0.15, -0.1) is 10.2 Å². The second kappa shape index (κ2) is 6.86. The highest BCUT2D eigenvalue weighted by Crippen LogP contribution is 2.42. The molecule has 1 spiro atoms. The average Bonchev–Trinajstić information content (AvgIpc) is 3.01. The molecule has 2 aromatic rings. The summed E-state index contributed by atoms with van der Waals surface area (Å²) in [6, 6.07) is 9.66. The molecule has 0 bridgehead atoms. The molecular formula is C21H28N4O. The Morgan fingerprint density at radius 2 is 1.69 bits per heavy atom. The van der Waals surface area contributed by atoms with Gasteiger partial charge in [-0.25, -0.2) is 0 Å². The zero-order valence-corrected chi connectivity index (χ0v) is 15.8. The molecule has 0 unspecified atom stereocenters. The molecule has 2 aliphatic heterocycles. The van der Waals surface area contributed by atoms with Crippen molar-refractivity contribution in [3.63, 3.8) is 0 Å². The van der Waals surface area contributed by atoms with E-state index in [-0.39, 0.29) is 5.91 Å². The predicted octanol–water partition coefficient (Wildman–Crippen LogP) is 3.66. The van der Waals surface area contributed by atoms with Gasteiger partial charge >= 0.3 is 0 Å². The molecule has 0 aliphatic carbocycles. The number of carbonyl (C=O) groups excluding carboxylic acids is 1. The highest BCUT2D eigenvalue weighted by Gasteiger charge is 2.38. The smallest absolute Gasteiger partial charge is 0.253 e. The van der Waals surface area contributed by atoms with Crippen LogP contribution in [0.2, 0.25) is 0 Å². The fraction of sp³-hybridized carbons (Fsp3) is 0.571. The quantitative estimate of drug-likeness (QED) is 0.829. The number of hydrogen-bond donors (Lipinski definition) is 0. The number of benzene rings is 1. The molecule has 1 fully saturated rings. The van der Waals surface area contributed by atoms with Gasteiger partial charge in [0.1, 0.15) is 11.6 Å². The summed E-state index contributed by atoms with van der Waals surface area (Å²) in [5, 5.41) is 8.85. The topological polar surface area (TPSA) is 51.0 Å². The lowest BCUT2D eigenvalue weighted by Crippen LogP contribution is -2.43. The van der Waals surface area contributed by atoms with E-state index in [0.29, 0.717) is 11.3 Å². The van der Waals surface area contributed by atoms with Crippen molar-refractivity contribution in [2.24, 2.45) is 5.41 Å². The van der Waals surface area contributed by atoms with Crippen molar-refractivity contribution in [3.8, 4) is 0 Å². The minimum atomic E-state index is 0.174. The number of fused-ring (bicyclic) bond motifs is 1. The third-order valence-corrected chi connectivity index (χ3v) is 6.25. The number of amides is 1. The number of aryl methyl sites for hydroxylation is 1. The van der Waals surface area contributed by atoms with Gasteiger partial charge in [0.05, 0.1) is 0 Å². The molecule has 1 aromatic heterocycles. The van der Waals surface area contributed by atoms with E-state index < -0.39 is 0 Å². The van der Waals surface area contributed by atoms with Crippen LogP contribution < -0.4 is 0 Å². The Labute approximate surface area is 155 Å². The second-order valence-electron chi connectivity index (χ2n) is 8.19. The van der Waals surface area contributed by atoms with Crippen molar-refractivity contribution >= 4 is 5.91 Å². The zero-order valence-electron chi connectivity index (χ0n) is 15.8. The summed E-state index contributed by atoms with van der Waals surface area (Å²) in [6.45, 7) is 7.12. The monoisotopic (exact) mass is 352 g/mol. The van der Waals surface area contributed by atoms with E-state index in [1.165, 1.54) is 6.42 Å². The van der Waals surface area contributed by atoms with Crippen LogP contribution in [-0.2, 0) is 13.0 Å². The standard InChI is InChI=1S/C21H28N4O/c1-16(2)19-23-22-18-8-9-21(12-15-25(18)19)10-13-24(14-11-21)20(26)17-6-4-3-5-7-17/h3-7,16H,8-15H2,1-2H3. The van der Waals surface area contributed by atoms with Gasteiger partial charge in [-0.3, -0.25) is 4.79 Å². The molecule has 2 aliphatic rings. The maximum absolute atomic E-state index is 12.7. The maximum atomic E-state index is 12.7. The summed E-state index contributed by atoms with van der Waals surface area (Å²) >= 11 is 0. The fourth-order valence-electron chi connectivity index (χ4n) is 4.50. The number of nitrogens with zero attached hydrogens (tertiary/aromatic N) is 4. The molecule has 1 aromatic carbocycles. The molecule has 1 amide bonds. The first kappa shape index (κ1) is 17.3. The highest BCUT2D eigenvalue weighted by atomic mass is 16.2. The Morgan fingerprint density at radius 1 is 1.00 bits per heavy atom. The Kier molecular flexibility index (Phi) is 4.55. The minimum absolute atomic E-state index is 0.174. The molecule has 0 atom stereocenters. The molecule has 1 saturated heterocycles. The average molecular weight is 352 g/mol. The first-order valence-electron chi connectivity index (χ1n) is 9.84. The second-order valence-corrected chi connectivity index (χ2v) is 8.19. The first-order chi connectivity index (χ1) is 12.6. The van der Waals surface area contributed by atoms with E-state index in [1.54, 1.807) is 0 Å². The van der Waals surface area contributed by atoms with Crippen LogP contribution in [0.1, 0.15) is 67.5 Å². The predicted molar refractivity (Wildman–Crippen MR) is 101 cm³/mol. The van der Waals surface area contributed by atoms with Crippen molar-refractivity contribution in [1.82, 2.24) is 19.7 Å². The van der Waals surface area contributed by atoms with Gasteiger partial charge in [0.15, 0.2) is 0 Å². The van der Waals surface area contributed by atoms with Crippen LogP contribution in [0.25, 0.3) is 0 Å². The molecule has 5 nitrogen and oxygen atoms in total. The van der Waals surface area contributed by atoms with Gasteiger partial charge in [0.25, 0.3) is 5.91 Å². The lowest BCUT2D eigenvalue weighted by molar-refractivity contribution is 0.0535. The van der Waals surface area contributed by atoms with Gasteiger partial charge in [-0.05, 0) is 43.2 Å². The van der Waals surface area contributed by atoms with Gasteiger partial charge < -0.3 is 9.47 Å². The molecule has 5 heteroatoms. The van der Waals surface area contributed by atoms with E-state index in [0.717, 1.165) is 62.5 Å². The number of carbonyl (C=O) groups is 1. The molecule has 3 heterocycles. The molecular weight excluding hydrogens is 324 g/mol. The Bertz CT molecular complexity index is 773. The van der Waals surface area contributed by atoms with Gasteiger partial charge in [0, 0.05) is 37.5 Å². The first-order valence-corrected chi connectivity index (χ1v) is 9.84. The van der Waals surface area contributed by atoms with Crippen LogP contribution in [0, 0.1) is 5.41 Å². The largest absolute Gasteiger partial charge is 0.339 e. The van der Waals surface area contributed by atoms with Crippen molar-refractivity contribution in [3.05, 3.63) is 47.5 Å². The van der Waals surface area contributed by atoms with Crippen LogP contribution in [0.5, 0.6) is 0 Å². The number of likely N-dealkylation sites (tertiary alicyclic amines) is 1. The summed E-state index contributed by atoms with van der Waals surface area (Å²) in [7, 11) is 0. The van der Waals surface area contributed by atoms with Gasteiger partial charge in [-0.2, -0.15) is 0 Å². The van der Waals surface area contributed by atoms with Crippen LogP contribution in [0.15, 0.2) is 30.3 Å². The van der Waals surface area contributed by atoms with Gasteiger partial charge in [-0.1, -0.05) is 32.0 Å². The molecule has 4 rings (SSSR count). The third kappa shape index (κ3) is 3.15. The molecule has 0 N–H and O–H groups in total. The normalized spacial score (nSPS) is 19.4. The molecule has 0 saturated carbocycles.